The molecule has 0 saturated carbocycles. The smallest absolute Gasteiger partial charge is 0.136 e. The van der Waals surface area contributed by atoms with E-state index in [0.29, 0.717) is 16.5 Å². The maximum absolute atomic E-state index is 13.7. The van der Waals surface area contributed by atoms with E-state index in [0.717, 1.165) is 29.7 Å². The van der Waals surface area contributed by atoms with Gasteiger partial charge < -0.3 is 0 Å². The topological polar surface area (TPSA) is 25.8 Å². The summed E-state index contributed by atoms with van der Waals surface area (Å²) in [7, 11) is 0. The number of aryl methyl sites for hydroxylation is 1. The van der Waals surface area contributed by atoms with Gasteiger partial charge in [-0.3, -0.25) is 0 Å². The number of hydrogen-bond donors (Lipinski definition) is 0. The van der Waals surface area contributed by atoms with Gasteiger partial charge >= 0.3 is 0 Å². The van der Waals surface area contributed by atoms with Gasteiger partial charge in [0.2, 0.25) is 0 Å². The van der Waals surface area contributed by atoms with E-state index in [1.807, 2.05) is 13.0 Å². The predicted molar refractivity (Wildman–Crippen MR) is 75.9 cm³/mol. The molecule has 0 radical (unpaired) electrons. The summed E-state index contributed by atoms with van der Waals surface area (Å²) in [5.74, 6) is 0.473. The molecule has 0 fully saturated rings. The summed E-state index contributed by atoms with van der Waals surface area (Å²) in [5.41, 5.74) is 2.87. The fraction of sp³-hybridized carbons (Fsp3) is 0.333. The van der Waals surface area contributed by atoms with Crippen molar-refractivity contribution in [1.82, 2.24) is 9.97 Å². The Kier molecular flexibility index (Phi) is 4.15. The van der Waals surface area contributed by atoms with E-state index in [9.17, 15) is 4.39 Å². The SMILES string of the molecule is CCCc1nc(Cl)c(C)c(-c2cccc(F)c2C)n1. The van der Waals surface area contributed by atoms with Crippen molar-refractivity contribution in [3.8, 4) is 11.3 Å². The fourth-order valence-corrected chi connectivity index (χ4v) is 2.18. The van der Waals surface area contributed by atoms with Gasteiger partial charge in [-0.15, -0.1) is 0 Å². The highest BCUT2D eigenvalue weighted by molar-refractivity contribution is 6.30. The number of rotatable bonds is 3. The first kappa shape index (κ1) is 13.9. The molecular formula is C15H16ClFN2. The quantitative estimate of drug-likeness (QED) is 0.772. The Morgan fingerprint density at radius 1 is 1.16 bits per heavy atom. The Balaban J connectivity index is 2.64. The van der Waals surface area contributed by atoms with Crippen LogP contribution >= 0.6 is 11.6 Å². The number of halogens is 2. The Hall–Kier alpha value is -1.48. The highest BCUT2D eigenvalue weighted by Gasteiger charge is 2.14. The van der Waals surface area contributed by atoms with Crippen LogP contribution < -0.4 is 0 Å². The van der Waals surface area contributed by atoms with Crippen molar-refractivity contribution in [1.29, 1.82) is 0 Å². The molecule has 100 valence electrons. The fourth-order valence-electron chi connectivity index (χ4n) is 1.99. The number of aromatic nitrogens is 2. The van der Waals surface area contributed by atoms with Gasteiger partial charge in [-0.1, -0.05) is 30.7 Å². The predicted octanol–water partition coefficient (Wildman–Crippen LogP) is 4.51. The van der Waals surface area contributed by atoms with Crippen molar-refractivity contribution in [2.24, 2.45) is 0 Å². The molecule has 0 amide bonds. The minimum atomic E-state index is -0.233. The van der Waals surface area contributed by atoms with Gasteiger partial charge in [-0.2, -0.15) is 0 Å². The van der Waals surface area contributed by atoms with Crippen LogP contribution in [0, 0.1) is 19.7 Å². The Morgan fingerprint density at radius 3 is 2.58 bits per heavy atom. The Labute approximate surface area is 117 Å². The lowest BCUT2D eigenvalue weighted by Crippen LogP contribution is -2.02. The van der Waals surface area contributed by atoms with E-state index < -0.39 is 0 Å². The molecule has 2 nitrogen and oxygen atoms in total. The molecule has 0 saturated heterocycles. The van der Waals surface area contributed by atoms with Crippen LogP contribution in [0.15, 0.2) is 18.2 Å². The molecule has 0 N–H and O–H groups in total. The number of hydrogen-bond acceptors (Lipinski definition) is 2. The second-order valence-corrected chi connectivity index (χ2v) is 4.92. The molecule has 0 aliphatic rings. The molecule has 19 heavy (non-hydrogen) atoms. The molecule has 1 aromatic heterocycles. The first-order valence-corrected chi connectivity index (χ1v) is 6.71. The summed E-state index contributed by atoms with van der Waals surface area (Å²) in [6.45, 7) is 5.67. The summed E-state index contributed by atoms with van der Waals surface area (Å²) < 4.78 is 13.7. The third-order valence-electron chi connectivity index (χ3n) is 3.13. The van der Waals surface area contributed by atoms with Crippen LogP contribution in [0.25, 0.3) is 11.3 Å². The van der Waals surface area contributed by atoms with Crippen LogP contribution in [0.5, 0.6) is 0 Å². The normalized spacial score (nSPS) is 10.8. The van der Waals surface area contributed by atoms with Crippen LogP contribution in [-0.4, -0.2) is 9.97 Å². The van der Waals surface area contributed by atoms with Crippen LogP contribution in [0.4, 0.5) is 4.39 Å². The second kappa shape index (κ2) is 5.66. The summed E-state index contributed by atoms with van der Waals surface area (Å²) >= 11 is 6.15. The lowest BCUT2D eigenvalue weighted by atomic mass is 10.0. The van der Waals surface area contributed by atoms with Gasteiger partial charge in [0.05, 0.1) is 5.69 Å². The van der Waals surface area contributed by atoms with Gasteiger partial charge in [0, 0.05) is 17.5 Å². The standard InChI is InChI=1S/C15H16ClFN2/c1-4-6-13-18-14(10(3)15(16)19-13)11-7-5-8-12(17)9(11)2/h5,7-8H,4,6H2,1-3H3. The van der Waals surface area contributed by atoms with E-state index in [4.69, 9.17) is 11.6 Å². The molecule has 0 aliphatic carbocycles. The van der Waals surface area contributed by atoms with Crippen molar-refractivity contribution in [2.75, 3.05) is 0 Å². The van der Waals surface area contributed by atoms with E-state index in [1.165, 1.54) is 6.07 Å². The Morgan fingerprint density at radius 2 is 1.89 bits per heavy atom. The van der Waals surface area contributed by atoms with E-state index in [2.05, 4.69) is 16.9 Å². The molecule has 0 unspecified atom stereocenters. The van der Waals surface area contributed by atoms with Gasteiger partial charge in [0.25, 0.3) is 0 Å². The minimum Gasteiger partial charge on any atom is -0.233 e. The molecular weight excluding hydrogens is 263 g/mol. The van der Waals surface area contributed by atoms with Crippen LogP contribution in [0.2, 0.25) is 5.15 Å². The average Bonchev–Trinajstić information content (AvgIpc) is 2.37. The van der Waals surface area contributed by atoms with Gasteiger partial charge in [0.1, 0.15) is 16.8 Å². The zero-order chi connectivity index (χ0) is 14.0. The highest BCUT2D eigenvalue weighted by atomic mass is 35.5. The first-order chi connectivity index (χ1) is 9.04. The largest absolute Gasteiger partial charge is 0.233 e. The van der Waals surface area contributed by atoms with Gasteiger partial charge in [0.15, 0.2) is 0 Å². The zero-order valence-corrected chi connectivity index (χ0v) is 12.1. The van der Waals surface area contributed by atoms with Gasteiger partial charge in [-0.05, 0) is 31.9 Å². The molecule has 4 heteroatoms. The third-order valence-corrected chi connectivity index (χ3v) is 3.50. The lowest BCUT2D eigenvalue weighted by molar-refractivity contribution is 0.619. The summed E-state index contributed by atoms with van der Waals surface area (Å²) in [6, 6.07) is 5.00. The second-order valence-electron chi connectivity index (χ2n) is 4.57. The molecule has 0 aliphatic heterocycles. The van der Waals surface area contributed by atoms with Crippen LogP contribution in [0.1, 0.15) is 30.3 Å². The summed E-state index contributed by atoms with van der Waals surface area (Å²) in [6.07, 6.45) is 1.71. The molecule has 1 heterocycles. The van der Waals surface area contributed by atoms with Gasteiger partial charge in [-0.25, -0.2) is 14.4 Å². The molecule has 2 rings (SSSR count). The number of nitrogens with zero attached hydrogens (tertiary/aromatic N) is 2. The van der Waals surface area contributed by atoms with Crippen molar-refractivity contribution in [3.05, 3.63) is 46.1 Å². The Bertz CT molecular complexity index is 611. The summed E-state index contributed by atoms with van der Waals surface area (Å²) in [5, 5.41) is 0.442. The third kappa shape index (κ3) is 2.76. The zero-order valence-electron chi connectivity index (χ0n) is 11.3. The monoisotopic (exact) mass is 278 g/mol. The van der Waals surface area contributed by atoms with Crippen LogP contribution in [0.3, 0.4) is 0 Å². The van der Waals surface area contributed by atoms with Crippen molar-refractivity contribution in [3.63, 3.8) is 0 Å². The molecule has 0 atom stereocenters. The van der Waals surface area contributed by atoms with Crippen molar-refractivity contribution < 1.29 is 4.39 Å². The van der Waals surface area contributed by atoms with Crippen molar-refractivity contribution >= 4 is 11.6 Å². The molecule has 2 aromatic rings. The van der Waals surface area contributed by atoms with E-state index in [1.54, 1.807) is 13.0 Å². The van der Waals surface area contributed by atoms with Crippen molar-refractivity contribution in [2.45, 2.75) is 33.6 Å². The maximum Gasteiger partial charge on any atom is 0.136 e. The van der Waals surface area contributed by atoms with Crippen LogP contribution in [-0.2, 0) is 6.42 Å². The molecule has 0 spiro atoms. The van der Waals surface area contributed by atoms with E-state index in [-0.39, 0.29) is 5.82 Å². The average molecular weight is 279 g/mol. The lowest BCUT2D eigenvalue weighted by Gasteiger charge is -2.11. The minimum absolute atomic E-state index is 0.233. The first-order valence-electron chi connectivity index (χ1n) is 6.33. The maximum atomic E-state index is 13.7. The molecule has 1 aromatic carbocycles. The van der Waals surface area contributed by atoms with E-state index >= 15 is 0 Å². The molecule has 0 bridgehead atoms. The number of benzene rings is 1. The highest BCUT2D eigenvalue weighted by Crippen LogP contribution is 2.29. The summed E-state index contributed by atoms with van der Waals surface area (Å²) in [4.78, 5) is 8.79.